The Morgan fingerprint density at radius 1 is 1.19 bits per heavy atom. The summed E-state index contributed by atoms with van der Waals surface area (Å²) in [5.74, 6) is 2.51. The summed E-state index contributed by atoms with van der Waals surface area (Å²) >= 11 is 0. The number of hydrogen-bond acceptors (Lipinski definition) is 5. The maximum Gasteiger partial charge on any atom is 0.238 e. The molecule has 0 saturated heterocycles. The molecular formula is C16H21N3O2. The maximum atomic E-state index is 5.71. The zero-order valence-corrected chi connectivity index (χ0v) is 12.7. The minimum Gasteiger partial charge on any atom is -0.497 e. The van der Waals surface area contributed by atoms with Crippen molar-refractivity contribution in [2.24, 2.45) is 5.92 Å². The summed E-state index contributed by atoms with van der Waals surface area (Å²) in [6.07, 6.45) is 3.34. The van der Waals surface area contributed by atoms with Gasteiger partial charge in [-0.2, -0.15) is 0 Å². The Balaban J connectivity index is 1.99. The molecule has 1 heterocycles. The minimum atomic E-state index is 0.479. The average Bonchev–Trinajstić information content (AvgIpc) is 2.47. The van der Waals surface area contributed by atoms with Crippen molar-refractivity contribution in [1.29, 1.82) is 0 Å². The smallest absolute Gasteiger partial charge is 0.238 e. The molecule has 0 aliphatic rings. The van der Waals surface area contributed by atoms with Crippen LogP contribution in [0.2, 0.25) is 0 Å². The molecule has 0 aliphatic carbocycles. The van der Waals surface area contributed by atoms with Gasteiger partial charge in [0.05, 0.1) is 19.0 Å². The predicted molar refractivity (Wildman–Crippen MR) is 81.6 cm³/mol. The number of aromatic nitrogens is 2. The molecule has 5 heteroatoms. The summed E-state index contributed by atoms with van der Waals surface area (Å²) in [5, 5.41) is 3.33. The van der Waals surface area contributed by atoms with Gasteiger partial charge in [0.15, 0.2) is 0 Å². The quantitative estimate of drug-likeness (QED) is 0.848. The van der Waals surface area contributed by atoms with E-state index in [0.717, 1.165) is 18.0 Å². The van der Waals surface area contributed by atoms with Crippen LogP contribution in [0.15, 0.2) is 36.7 Å². The van der Waals surface area contributed by atoms with Crippen molar-refractivity contribution in [2.45, 2.75) is 20.4 Å². The van der Waals surface area contributed by atoms with Crippen LogP contribution in [-0.4, -0.2) is 23.6 Å². The Bertz CT molecular complexity index is 573. The van der Waals surface area contributed by atoms with Gasteiger partial charge in [-0.1, -0.05) is 19.9 Å². The highest BCUT2D eigenvalue weighted by molar-refractivity contribution is 5.34. The Morgan fingerprint density at radius 2 is 2.00 bits per heavy atom. The third-order valence-corrected chi connectivity index (χ3v) is 2.78. The highest BCUT2D eigenvalue weighted by Crippen LogP contribution is 2.23. The Labute approximate surface area is 125 Å². The van der Waals surface area contributed by atoms with Gasteiger partial charge in [0.25, 0.3) is 0 Å². The lowest BCUT2D eigenvalue weighted by Crippen LogP contribution is -2.19. The van der Waals surface area contributed by atoms with Gasteiger partial charge in [-0.15, -0.1) is 0 Å². The number of methoxy groups -OCH3 is 1. The standard InChI is InChI=1S/C16H21N3O2/c1-12(2)8-17-9-13-10-18-11-16(19-13)21-15-6-4-5-14(7-15)20-3/h4-7,10-12,17H,8-9H2,1-3H3. The van der Waals surface area contributed by atoms with Gasteiger partial charge in [-0.3, -0.25) is 4.98 Å². The molecule has 1 aromatic carbocycles. The number of nitrogens with one attached hydrogen (secondary N) is 1. The highest BCUT2D eigenvalue weighted by Gasteiger charge is 2.03. The largest absolute Gasteiger partial charge is 0.497 e. The van der Waals surface area contributed by atoms with Crippen LogP contribution in [-0.2, 0) is 6.54 Å². The summed E-state index contributed by atoms with van der Waals surface area (Å²) in [4.78, 5) is 8.59. The summed E-state index contributed by atoms with van der Waals surface area (Å²) in [6, 6.07) is 7.40. The molecule has 0 atom stereocenters. The first-order valence-corrected chi connectivity index (χ1v) is 7.01. The van der Waals surface area contributed by atoms with Crippen LogP contribution < -0.4 is 14.8 Å². The number of hydrogen-bond donors (Lipinski definition) is 1. The zero-order valence-electron chi connectivity index (χ0n) is 12.7. The van der Waals surface area contributed by atoms with Crippen LogP contribution in [0.5, 0.6) is 17.4 Å². The van der Waals surface area contributed by atoms with Crippen molar-refractivity contribution < 1.29 is 9.47 Å². The predicted octanol–water partition coefficient (Wildman–Crippen LogP) is 3.02. The SMILES string of the molecule is COc1cccc(Oc2cncc(CNCC(C)C)n2)c1. The van der Waals surface area contributed by atoms with Crippen molar-refractivity contribution in [3.05, 3.63) is 42.4 Å². The van der Waals surface area contributed by atoms with E-state index in [2.05, 4.69) is 29.1 Å². The monoisotopic (exact) mass is 287 g/mol. The maximum absolute atomic E-state index is 5.71. The third kappa shape index (κ3) is 5.04. The first-order chi connectivity index (χ1) is 10.2. The van der Waals surface area contributed by atoms with Crippen molar-refractivity contribution in [3.63, 3.8) is 0 Å². The van der Waals surface area contributed by atoms with E-state index in [1.807, 2.05) is 24.3 Å². The number of benzene rings is 1. The lowest BCUT2D eigenvalue weighted by Gasteiger charge is -2.09. The molecule has 0 spiro atoms. The molecule has 1 N–H and O–H groups in total. The summed E-state index contributed by atoms with van der Waals surface area (Å²) in [5.41, 5.74) is 0.857. The molecule has 0 bridgehead atoms. The first kappa shape index (κ1) is 15.3. The van der Waals surface area contributed by atoms with Gasteiger partial charge in [-0.05, 0) is 24.6 Å². The molecule has 0 saturated carbocycles. The molecule has 0 unspecified atom stereocenters. The minimum absolute atomic E-state index is 0.479. The molecule has 5 nitrogen and oxygen atoms in total. The van der Waals surface area contributed by atoms with E-state index in [4.69, 9.17) is 9.47 Å². The van der Waals surface area contributed by atoms with Crippen molar-refractivity contribution in [2.75, 3.05) is 13.7 Å². The van der Waals surface area contributed by atoms with Crippen molar-refractivity contribution in [1.82, 2.24) is 15.3 Å². The lowest BCUT2D eigenvalue weighted by molar-refractivity contribution is 0.406. The van der Waals surface area contributed by atoms with Gasteiger partial charge in [0.1, 0.15) is 11.5 Å². The molecular weight excluding hydrogens is 266 g/mol. The topological polar surface area (TPSA) is 56.3 Å². The third-order valence-electron chi connectivity index (χ3n) is 2.78. The number of ether oxygens (including phenoxy) is 2. The van der Waals surface area contributed by atoms with Crippen LogP contribution >= 0.6 is 0 Å². The van der Waals surface area contributed by atoms with Crippen LogP contribution in [0.1, 0.15) is 19.5 Å². The first-order valence-electron chi connectivity index (χ1n) is 7.01. The van der Waals surface area contributed by atoms with Crippen LogP contribution in [0, 0.1) is 5.92 Å². The normalized spacial score (nSPS) is 10.7. The fraction of sp³-hybridized carbons (Fsp3) is 0.375. The Morgan fingerprint density at radius 3 is 2.76 bits per heavy atom. The molecule has 21 heavy (non-hydrogen) atoms. The van der Waals surface area contributed by atoms with Crippen molar-refractivity contribution in [3.8, 4) is 17.4 Å². The fourth-order valence-electron chi connectivity index (χ4n) is 1.80. The zero-order chi connectivity index (χ0) is 15.1. The second-order valence-corrected chi connectivity index (χ2v) is 5.15. The highest BCUT2D eigenvalue weighted by atomic mass is 16.5. The molecule has 2 rings (SSSR count). The van der Waals surface area contributed by atoms with Gasteiger partial charge < -0.3 is 14.8 Å². The van der Waals surface area contributed by atoms with E-state index >= 15 is 0 Å². The molecule has 2 aromatic rings. The molecule has 0 aliphatic heterocycles. The number of rotatable bonds is 7. The van der Waals surface area contributed by atoms with Crippen molar-refractivity contribution >= 4 is 0 Å². The van der Waals surface area contributed by atoms with E-state index in [1.54, 1.807) is 19.5 Å². The van der Waals surface area contributed by atoms with E-state index < -0.39 is 0 Å². The summed E-state index contributed by atoms with van der Waals surface area (Å²) in [7, 11) is 1.62. The second-order valence-electron chi connectivity index (χ2n) is 5.15. The van der Waals surface area contributed by atoms with Crippen LogP contribution in [0.3, 0.4) is 0 Å². The van der Waals surface area contributed by atoms with E-state index in [1.165, 1.54) is 0 Å². The van der Waals surface area contributed by atoms with Gasteiger partial charge in [0, 0.05) is 18.8 Å². The molecule has 112 valence electrons. The lowest BCUT2D eigenvalue weighted by atomic mass is 10.2. The fourth-order valence-corrected chi connectivity index (χ4v) is 1.80. The van der Waals surface area contributed by atoms with E-state index in [0.29, 0.717) is 24.1 Å². The average molecular weight is 287 g/mol. The summed E-state index contributed by atoms with van der Waals surface area (Å²) in [6.45, 7) is 5.96. The molecule has 0 radical (unpaired) electrons. The van der Waals surface area contributed by atoms with Gasteiger partial charge in [-0.25, -0.2) is 4.98 Å². The van der Waals surface area contributed by atoms with Gasteiger partial charge in [0.2, 0.25) is 5.88 Å². The number of nitrogens with zero attached hydrogens (tertiary/aromatic N) is 2. The molecule has 1 aromatic heterocycles. The second kappa shape index (κ2) is 7.59. The summed E-state index contributed by atoms with van der Waals surface area (Å²) < 4.78 is 10.9. The molecule has 0 fully saturated rings. The Hall–Kier alpha value is -2.14. The van der Waals surface area contributed by atoms with E-state index in [-0.39, 0.29) is 0 Å². The molecule has 0 amide bonds. The van der Waals surface area contributed by atoms with Crippen LogP contribution in [0.4, 0.5) is 0 Å². The van der Waals surface area contributed by atoms with Crippen LogP contribution in [0.25, 0.3) is 0 Å². The Kier molecular flexibility index (Phi) is 5.51. The van der Waals surface area contributed by atoms with E-state index in [9.17, 15) is 0 Å². The van der Waals surface area contributed by atoms with Gasteiger partial charge >= 0.3 is 0 Å².